The van der Waals surface area contributed by atoms with Crippen LogP contribution in [0.5, 0.6) is 0 Å². The van der Waals surface area contributed by atoms with E-state index in [1.54, 1.807) is 13.8 Å². The molecule has 0 bridgehead atoms. The molecule has 108 valence electrons. The summed E-state index contributed by atoms with van der Waals surface area (Å²) in [5.41, 5.74) is 2.11. The van der Waals surface area contributed by atoms with Gasteiger partial charge >= 0.3 is 5.97 Å². The van der Waals surface area contributed by atoms with Gasteiger partial charge in [-0.2, -0.15) is 0 Å². The van der Waals surface area contributed by atoms with Gasteiger partial charge in [-0.1, -0.05) is 26.8 Å². The van der Waals surface area contributed by atoms with Crippen molar-refractivity contribution in [2.75, 3.05) is 0 Å². The summed E-state index contributed by atoms with van der Waals surface area (Å²) in [6, 6.07) is 5.91. The van der Waals surface area contributed by atoms with Crippen LogP contribution in [-0.4, -0.2) is 21.0 Å². The number of carboxylic acids is 1. The zero-order valence-corrected chi connectivity index (χ0v) is 12.7. The number of nitrogens with zero attached hydrogens (tertiary/aromatic N) is 1. The Morgan fingerprint density at radius 1 is 1.25 bits per heavy atom. The van der Waals surface area contributed by atoms with Crippen LogP contribution in [0.1, 0.15) is 46.0 Å². The van der Waals surface area contributed by atoms with Gasteiger partial charge in [-0.3, -0.25) is 4.79 Å². The number of aliphatic carboxylic acids is 1. The van der Waals surface area contributed by atoms with Crippen LogP contribution in [0.3, 0.4) is 0 Å². The molecule has 0 unspecified atom stereocenters. The van der Waals surface area contributed by atoms with E-state index in [0.717, 1.165) is 22.4 Å². The van der Waals surface area contributed by atoms with Crippen LogP contribution in [0.15, 0.2) is 18.2 Å². The van der Waals surface area contributed by atoms with Crippen LogP contribution in [0.4, 0.5) is 0 Å². The summed E-state index contributed by atoms with van der Waals surface area (Å²) in [4.78, 5) is 19.1. The third-order valence-electron chi connectivity index (χ3n) is 3.48. The third kappa shape index (κ3) is 2.84. The molecule has 4 heteroatoms. The van der Waals surface area contributed by atoms with Crippen molar-refractivity contribution in [1.82, 2.24) is 9.97 Å². The molecular formula is C16H22N2O2. The maximum absolute atomic E-state index is 11.2. The molecule has 2 aromatic rings. The molecule has 0 saturated carbocycles. The lowest BCUT2D eigenvalue weighted by atomic mass is 9.86. The highest BCUT2D eigenvalue weighted by atomic mass is 16.4. The van der Waals surface area contributed by atoms with E-state index in [2.05, 4.69) is 30.7 Å². The average molecular weight is 274 g/mol. The average Bonchev–Trinajstić information content (AvgIpc) is 2.70. The van der Waals surface area contributed by atoms with Crippen molar-refractivity contribution in [3.05, 3.63) is 29.6 Å². The number of carbonyl (C=O) groups is 1. The molecule has 0 aliphatic heterocycles. The van der Waals surface area contributed by atoms with Gasteiger partial charge in [0.1, 0.15) is 5.82 Å². The highest BCUT2D eigenvalue weighted by Gasteiger charge is 2.27. The van der Waals surface area contributed by atoms with Crippen molar-refractivity contribution in [2.24, 2.45) is 5.41 Å². The molecule has 20 heavy (non-hydrogen) atoms. The molecule has 0 aliphatic carbocycles. The van der Waals surface area contributed by atoms with Crippen LogP contribution < -0.4 is 0 Å². The summed E-state index contributed by atoms with van der Waals surface area (Å²) in [5, 5.41) is 9.21. The van der Waals surface area contributed by atoms with Crippen molar-refractivity contribution in [3.8, 4) is 0 Å². The second kappa shape index (κ2) is 4.62. The maximum atomic E-state index is 11.2. The van der Waals surface area contributed by atoms with Gasteiger partial charge in [-0.05, 0) is 38.0 Å². The van der Waals surface area contributed by atoms with Gasteiger partial charge in [0.15, 0.2) is 0 Å². The summed E-state index contributed by atoms with van der Waals surface area (Å²) in [5.74, 6) is 0.166. The first-order chi connectivity index (χ1) is 9.09. The first kappa shape index (κ1) is 14.6. The van der Waals surface area contributed by atoms with E-state index in [9.17, 15) is 9.90 Å². The van der Waals surface area contributed by atoms with Crippen LogP contribution in [0, 0.1) is 5.41 Å². The minimum Gasteiger partial charge on any atom is -0.481 e. The van der Waals surface area contributed by atoms with Crippen LogP contribution in [0.25, 0.3) is 11.0 Å². The third-order valence-corrected chi connectivity index (χ3v) is 3.48. The van der Waals surface area contributed by atoms with E-state index >= 15 is 0 Å². The topological polar surface area (TPSA) is 66.0 Å². The fraction of sp³-hybridized carbons (Fsp3) is 0.500. The minimum absolute atomic E-state index is 0.0283. The van der Waals surface area contributed by atoms with Crippen molar-refractivity contribution < 1.29 is 9.90 Å². The zero-order chi connectivity index (χ0) is 15.1. The molecule has 0 aliphatic rings. The predicted molar refractivity (Wildman–Crippen MR) is 79.9 cm³/mol. The van der Waals surface area contributed by atoms with E-state index in [-0.39, 0.29) is 5.41 Å². The molecule has 1 aromatic heterocycles. The quantitative estimate of drug-likeness (QED) is 0.900. The minimum atomic E-state index is -0.780. The van der Waals surface area contributed by atoms with Gasteiger partial charge in [0.25, 0.3) is 0 Å². The van der Waals surface area contributed by atoms with Crippen LogP contribution >= 0.6 is 0 Å². The number of benzene rings is 1. The standard InChI is InChI=1S/C16H22N2O2/c1-15(2,3)13-17-11-7-6-10(8-12(11)18-13)9-16(4,5)14(19)20/h6-8H,9H2,1-5H3,(H,17,18)(H,19,20). The number of imidazole rings is 1. The second-order valence-corrected chi connectivity index (χ2v) is 7.05. The Morgan fingerprint density at radius 2 is 1.90 bits per heavy atom. The van der Waals surface area contributed by atoms with Gasteiger partial charge in [0.2, 0.25) is 0 Å². The molecule has 2 rings (SSSR count). The predicted octanol–water partition coefficient (Wildman–Crippen LogP) is 3.51. The molecule has 1 heterocycles. The molecule has 1 aromatic carbocycles. The lowest BCUT2D eigenvalue weighted by Crippen LogP contribution is -2.26. The molecular weight excluding hydrogens is 252 g/mol. The van der Waals surface area contributed by atoms with Crippen LogP contribution in [0.2, 0.25) is 0 Å². The molecule has 4 nitrogen and oxygen atoms in total. The smallest absolute Gasteiger partial charge is 0.309 e. The Morgan fingerprint density at radius 3 is 2.45 bits per heavy atom. The summed E-state index contributed by atoms with van der Waals surface area (Å²) < 4.78 is 0. The molecule has 0 atom stereocenters. The van der Waals surface area contributed by atoms with E-state index in [0.29, 0.717) is 6.42 Å². The summed E-state index contributed by atoms with van der Waals surface area (Å²) in [6.07, 6.45) is 0.502. The van der Waals surface area contributed by atoms with Crippen molar-refractivity contribution in [2.45, 2.75) is 46.5 Å². The fourth-order valence-corrected chi connectivity index (χ4v) is 2.11. The first-order valence-electron chi connectivity index (χ1n) is 6.82. The molecule has 0 spiro atoms. The van der Waals surface area contributed by atoms with Crippen LogP contribution in [-0.2, 0) is 16.6 Å². The second-order valence-electron chi connectivity index (χ2n) is 7.05. The van der Waals surface area contributed by atoms with E-state index in [4.69, 9.17) is 0 Å². The highest BCUT2D eigenvalue weighted by molar-refractivity contribution is 5.77. The molecule has 2 N–H and O–H groups in total. The van der Waals surface area contributed by atoms with Crippen molar-refractivity contribution >= 4 is 17.0 Å². The summed E-state index contributed by atoms with van der Waals surface area (Å²) in [6.45, 7) is 9.82. The normalized spacial score (nSPS) is 12.8. The van der Waals surface area contributed by atoms with Gasteiger partial charge < -0.3 is 10.1 Å². The zero-order valence-electron chi connectivity index (χ0n) is 12.7. The Bertz CT molecular complexity index is 648. The van der Waals surface area contributed by atoms with Crippen molar-refractivity contribution in [1.29, 1.82) is 0 Å². The van der Waals surface area contributed by atoms with Crippen molar-refractivity contribution in [3.63, 3.8) is 0 Å². The Hall–Kier alpha value is -1.84. The highest BCUT2D eigenvalue weighted by Crippen LogP contribution is 2.26. The maximum Gasteiger partial charge on any atom is 0.309 e. The lowest BCUT2D eigenvalue weighted by Gasteiger charge is -2.18. The number of aromatic nitrogens is 2. The Kier molecular flexibility index (Phi) is 3.36. The first-order valence-corrected chi connectivity index (χ1v) is 6.82. The molecule has 0 amide bonds. The molecule has 0 saturated heterocycles. The number of rotatable bonds is 3. The SMILES string of the molecule is CC(C)(Cc1ccc2nc(C(C)(C)C)[nH]c2c1)C(=O)O. The molecule has 0 fully saturated rings. The van der Waals surface area contributed by atoms with E-state index in [1.807, 2.05) is 18.2 Å². The molecule has 0 radical (unpaired) electrons. The number of H-pyrrole nitrogens is 1. The van der Waals surface area contributed by atoms with E-state index < -0.39 is 11.4 Å². The van der Waals surface area contributed by atoms with E-state index in [1.165, 1.54) is 0 Å². The lowest BCUT2D eigenvalue weighted by molar-refractivity contribution is -0.146. The Labute approximate surface area is 119 Å². The van der Waals surface area contributed by atoms with Gasteiger partial charge in [-0.25, -0.2) is 4.98 Å². The fourth-order valence-electron chi connectivity index (χ4n) is 2.11. The Balaban J connectivity index is 2.37. The largest absolute Gasteiger partial charge is 0.481 e. The summed E-state index contributed by atoms with van der Waals surface area (Å²) >= 11 is 0. The number of hydrogen-bond donors (Lipinski definition) is 2. The number of fused-ring (bicyclic) bond motifs is 1. The number of carboxylic acid groups (broad SMARTS) is 1. The van der Waals surface area contributed by atoms with Gasteiger partial charge in [0, 0.05) is 5.41 Å². The summed E-state index contributed by atoms with van der Waals surface area (Å²) in [7, 11) is 0. The monoisotopic (exact) mass is 274 g/mol. The van der Waals surface area contributed by atoms with Gasteiger partial charge in [-0.15, -0.1) is 0 Å². The van der Waals surface area contributed by atoms with Gasteiger partial charge in [0.05, 0.1) is 16.4 Å². The number of nitrogens with one attached hydrogen (secondary N) is 1. The number of aromatic amines is 1. The number of hydrogen-bond acceptors (Lipinski definition) is 2.